The Balaban J connectivity index is 1.70. The average Bonchev–Trinajstić information content (AvgIpc) is 2.82. The van der Waals surface area contributed by atoms with Crippen LogP contribution >= 0.6 is 23.4 Å². The van der Waals surface area contributed by atoms with Crippen LogP contribution in [0.3, 0.4) is 0 Å². The molecule has 1 atom stereocenters. The fourth-order valence-corrected chi connectivity index (χ4v) is 5.26. The molecule has 33 heavy (non-hydrogen) atoms. The molecular weight excluding hydrogens is 459 g/mol. The third kappa shape index (κ3) is 7.75. The van der Waals surface area contributed by atoms with Crippen molar-refractivity contribution in [3.8, 4) is 0 Å². The van der Waals surface area contributed by atoms with Crippen LogP contribution in [0.1, 0.15) is 56.6 Å². The summed E-state index contributed by atoms with van der Waals surface area (Å²) in [6.45, 7) is 2.22. The molecule has 0 bridgehead atoms. The van der Waals surface area contributed by atoms with Gasteiger partial charge in [-0.1, -0.05) is 68.1 Å². The molecule has 7 heteroatoms. The second kappa shape index (κ2) is 13.0. The van der Waals surface area contributed by atoms with Gasteiger partial charge in [-0.05, 0) is 48.6 Å². The molecular formula is C26H32ClFN2O2S. The largest absolute Gasteiger partial charge is 0.352 e. The molecule has 0 heterocycles. The van der Waals surface area contributed by atoms with Gasteiger partial charge in [-0.2, -0.15) is 0 Å². The van der Waals surface area contributed by atoms with Crippen molar-refractivity contribution in [2.75, 3.05) is 5.75 Å². The monoisotopic (exact) mass is 490 g/mol. The van der Waals surface area contributed by atoms with Crippen LogP contribution < -0.4 is 5.32 Å². The van der Waals surface area contributed by atoms with Crippen LogP contribution in [0.4, 0.5) is 4.39 Å². The van der Waals surface area contributed by atoms with E-state index in [2.05, 4.69) is 5.32 Å². The summed E-state index contributed by atoms with van der Waals surface area (Å²) in [6, 6.07) is 13.3. The first-order chi connectivity index (χ1) is 16.0. The molecule has 2 aromatic carbocycles. The Morgan fingerprint density at radius 2 is 1.82 bits per heavy atom. The zero-order chi connectivity index (χ0) is 23.6. The molecule has 178 valence electrons. The number of nitrogens with one attached hydrogen (secondary N) is 1. The Morgan fingerprint density at radius 3 is 2.48 bits per heavy atom. The van der Waals surface area contributed by atoms with Crippen LogP contribution in [-0.2, 0) is 21.9 Å². The van der Waals surface area contributed by atoms with Crippen molar-refractivity contribution in [3.05, 3.63) is 70.5 Å². The molecule has 0 radical (unpaired) electrons. The van der Waals surface area contributed by atoms with Crippen molar-refractivity contribution in [1.82, 2.24) is 10.2 Å². The minimum Gasteiger partial charge on any atom is -0.352 e. The van der Waals surface area contributed by atoms with Gasteiger partial charge in [0.15, 0.2) is 0 Å². The lowest BCUT2D eigenvalue weighted by Crippen LogP contribution is -2.52. The van der Waals surface area contributed by atoms with Gasteiger partial charge in [0.2, 0.25) is 11.8 Å². The summed E-state index contributed by atoms with van der Waals surface area (Å²) in [6.07, 6.45) is 5.99. The van der Waals surface area contributed by atoms with Crippen LogP contribution in [0.25, 0.3) is 0 Å². The SMILES string of the molecule is CC[C@H](C(=O)NC1CCCCC1)N(Cc1ccccc1Cl)C(=O)CSCc1ccc(F)cc1. The molecule has 1 aliphatic rings. The first kappa shape index (κ1) is 25.6. The number of nitrogens with zero attached hydrogens (tertiary/aromatic N) is 1. The summed E-state index contributed by atoms with van der Waals surface area (Å²) in [4.78, 5) is 28.2. The van der Waals surface area contributed by atoms with E-state index in [1.54, 1.807) is 23.1 Å². The normalized spacial score (nSPS) is 15.1. The highest BCUT2D eigenvalue weighted by molar-refractivity contribution is 7.99. The molecule has 1 fully saturated rings. The average molecular weight is 491 g/mol. The van der Waals surface area contributed by atoms with Gasteiger partial charge < -0.3 is 10.2 Å². The number of hydrogen-bond acceptors (Lipinski definition) is 3. The van der Waals surface area contributed by atoms with Gasteiger partial charge in [0.05, 0.1) is 5.75 Å². The number of carbonyl (C=O) groups excluding carboxylic acids is 2. The van der Waals surface area contributed by atoms with Crippen molar-refractivity contribution in [3.63, 3.8) is 0 Å². The van der Waals surface area contributed by atoms with E-state index in [9.17, 15) is 14.0 Å². The third-order valence-corrected chi connectivity index (χ3v) is 7.40. The van der Waals surface area contributed by atoms with Gasteiger partial charge in [0.25, 0.3) is 0 Å². The summed E-state index contributed by atoms with van der Waals surface area (Å²) in [5.41, 5.74) is 1.77. The zero-order valence-corrected chi connectivity index (χ0v) is 20.6. The minimum absolute atomic E-state index is 0.0895. The number of carbonyl (C=O) groups is 2. The number of benzene rings is 2. The molecule has 0 unspecified atom stereocenters. The predicted octanol–water partition coefficient (Wildman–Crippen LogP) is 5.97. The van der Waals surface area contributed by atoms with E-state index in [-0.39, 0.29) is 36.0 Å². The van der Waals surface area contributed by atoms with E-state index >= 15 is 0 Å². The third-order valence-electron chi connectivity index (χ3n) is 6.04. The second-order valence-corrected chi connectivity index (χ2v) is 9.89. The van der Waals surface area contributed by atoms with Gasteiger partial charge in [-0.3, -0.25) is 9.59 Å². The van der Waals surface area contributed by atoms with E-state index in [0.29, 0.717) is 17.2 Å². The molecule has 0 aromatic heterocycles. The lowest BCUT2D eigenvalue weighted by atomic mass is 9.95. The molecule has 1 aliphatic carbocycles. The number of thioether (sulfide) groups is 1. The van der Waals surface area contributed by atoms with Crippen molar-refractivity contribution in [1.29, 1.82) is 0 Å². The summed E-state index contributed by atoms with van der Waals surface area (Å²) in [5.74, 6) is 0.355. The standard InChI is InChI=1S/C26H32ClFN2O2S/c1-2-24(26(32)29-22-9-4-3-5-10-22)30(16-20-8-6-7-11-23(20)27)25(31)18-33-17-19-12-14-21(28)15-13-19/h6-8,11-15,22,24H,2-5,9-10,16-18H2,1H3,(H,29,32)/t24-/m1/s1. The molecule has 1 N–H and O–H groups in total. The van der Waals surface area contributed by atoms with Crippen LogP contribution in [0.15, 0.2) is 48.5 Å². The Kier molecular flexibility index (Phi) is 10.1. The second-order valence-electron chi connectivity index (χ2n) is 8.50. The first-order valence-corrected chi connectivity index (χ1v) is 13.2. The highest BCUT2D eigenvalue weighted by Crippen LogP contribution is 2.23. The van der Waals surface area contributed by atoms with Crippen LogP contribution in [0, 0.1) is 5.82 Å². The quantitative estimate of drug-likeness (QED) is 0.446. The van der Waals surface area contributed by atoms with Crippen LogP contribution in [0.5, 0.6) is 0 Å². The minimum atomic E-state index is -0.554. The number of amides is 2. The summed E-state index contributed by atoms with van der Waals surface area (Å²) in [7, 11) is 0. The van der Waals surface area contributed by atoms with E-state index < -0.39 is 6.04 Å². The fraction of sp³-hybridized carbons (Fsp3) is 0.462. The lowest BCUT2D eigenvalue weighted by Gasteiger charge is -2.33. The zero-order valence-electron chi connectivity index (χ0n) is 19.1. The van der Waals surface area contributed by atoms with E-state index in [4.69, 9.17) is 11.6 Å². The lowest BCUT2D eigenvalue weighted by molar-refractivity contribution is -0.139. The van der Waals surface area contributed by atoms with Gasteiger partial charge in [-0.15, -0.1) is 11.8 Å². The molecule has 0 aliphatic heterocycles. The van der Waals surface area contributed by atoms with Gasteiger partial charge >= 0.3 is 0 Å². The number of halogens is 2. The fourth-order valence-electron chi connectivity index (χ4n) is 4.19. The van der Waals surface area contributed by atoms with Crippen molar-refractivity contribution in [2.24, 2.45) is 0 Å². The van der Waals surface area contributed by atoms with E-state index in [0.717, 1.165) is 36.8 Å². The van der Waals surface area contributed by atoms with Crippen molar-refractivity contribution >= 4 is 35.2 Å². The molecule has 0 spiro atoms. The molecule has 2 aromatic rings. The van der Waals surface area contributed by atoms with Crippen LogP contribution in [-0.4, -0.2) is 34.6 Å². The molecule has 3 rings (SSSR count). The summed E-state index contributed by atoms with van der Waals surface area (Å²) < 4.78 is 13.1. The smallest absolute Gasteiger partial charge is 0.243 e. The van der Waals surface area contributed by atoms with Gasteiger partial charge in [-0.25, -0.2) is 4.39 Å². The Morgan fingerprint density at radius 1 is 1.12 bits per heavy atom. The topological polar surface area (TPSA) is 49.4 Å². The Hall–Kier alpha value is -2.05. The first-order valence-electron chi connectivity index (χ1n) is 11.6. The maximum atomic E-state index is 13.3. The van der Waals surface area contributed by atoms with Gasteiger partial charge in [0, 0.05) is 23.4 Å². The highest BCUT2D eigenvalue weighted by Gasteiger charge is 2.30. The Bertz CT molecular complexity index is 919. The predicted molar refractivity (Wildman–Crippen MR) is 134 cm³/mol. The van der Waals surface area contributed by atoms with E-state index in [1.165, 1.54) is 30.3 Å². The molecule has 0 saturated heterocycles. The van der Waals surface area contributed by atoms with Gasteiger partial charge in [0.1, 0.15) is 11.9 Å². The highest BCUT2D eigenvalue weighted by atomic mass is 35.5. The molecule has 2 amide bonds. The van der Waals surface area contributed by atoms with Crippen molar-refractivity contribution < 1.29 is 14.0 Å². The Labute approximate surface area is 205 Å². The van der Waals surface area contributed by atoms with Crippen LogP contribution in [0.2, 0.25) is 5.02 Å². The molecule has 4 nitrogen and oxygen atoms in total. The number of rotatable bonds is 10. The van der Waals surface area contributed by atoms with Crippen molar-refractivity contribution in [2.45, 2.75) is 69.8 Å². The number of hydrogen-bond donors (Lipinski definition) is 1. The maximum Gasteiger partial charge on any atom is 0.243 e. The van der Waals surface area contributed by atoms with E-state index in [1.807, 2.05) is 25.1 Å². The summed E-state index contributed by atoms with van der Waals surface area (Å²) >= 11 is 7.84. The maximum absolute atomic E-state index is 13.3. The summed E-state index contributed by atoms with van der Waals surface area (Å²) in [5, 5.41) is 3.77. The molecule has 1 saturated carbocycles.